The molecule has 0 amide bonds. The third-order valence-corrected chi connectivity index (χ3v) is 5.43. The molecule has 1 N–H and O–H groups in total. The van der Waals surface area contributed by atoms with E-state index in [0.717, 1.165) is 21.6 Å². The van der Waals surface area contributed by atoms with Crippen molar-refractivity contribution in [1.82, 2.24) is 9.97 Å². The molecule has 0 bridgehead atoms. The van der Waals surface area contributed by atoms with Crippen LogP contribution in [0.1, 0.15) is 22.2 Å². The number of thiophene rings is 1. The number of fused-ring (bicyclic) bond motifs is 1. The SMILES string of the molecule is CC(=O)c1ccc(-c2nc3sc(C)c(-c4ccc(F)cc4)c3c(=O)[nH]2)cc1. The number of carbonyl (C=O) groups excluding carboxylic acids is 1. The second kappa shape index (κ2) is 6.55. The Labute approximate surface area is 158 Å². The largest absolute Gasteiger partial charge is 0.306 e. The fourth-order valence-corrected chi connectivity index (χ4v) is 4.13. The number of rotatable bonds is 3. The zero-order valence-corrected chi connectivity index (χ0v) is 15.5. The van der Waals surface area contributed by atoms with Gasteiger partial charge in [0.15, 0.2) is 5.78 Å². The maximum absolute atomic E-state index is 13.2. The van der Waals surface area contributed by atoms with Crippen molar-refractivity contribution >= 4 is 27.3 Å². The highest BCUT2D eigenvalue weighted by Gasteiger charge is 2.17. The molecule has 6 heteroatoms. The molecule has 0 radical (unpaired) electrons. The summed E-state index contributed by atoms with van der Waals surface area (Å²) in [6.07, 6.45) is 0. The van der Waals surface area contributed by atoms with Crippen molar-refractivity contribution in [1.29, 1.82) is 0 Å². The van der Waals surface area contributed by atoms with Crippen LogP contribution in [0.3, 0.4) is 0 Å². The summed E-state index contributed by atoms with van der Waals surface area (Å²) in [6.45, 7) is 3.43. The third-order valence-electron chi connectivity index (χ3n) is 4.44. The number of aromatic nitrogens is 2. The number of nitrogens with zero attached hydrogens (tertiary/aromatic N) is 1. The predicted molar refractivity (Wildman–Crippen MR) is 106 cm³/mol. The molecule has 2 aromatic carbocycles. The van der Waals surface area contributed by atoms with Gasteiger partial charge < -0.3 is 4.98 Å². The van der Waals surface area contributed by atoms with E-state index in [1.807, 2.05) is 6.92 Å². The number of Topliss-reactive ketones (excluding diaryl/α,β-unsaturated/α-hetero) is 1. The number of halogens is 1. The molecule has 0 fully saturated rings. The van der Waals surface area contributed by atoms with E-state index in [-0.39, 0.29) is 17.2 Å². The lowest BCUT2D eigenvalue weighted by Gasteiger charge is -2.04. The maximum Gasteiger partial charge on any atom is 0.260 e. The number of aromatic amines is 1. The van der Waals surface area contributed by atoms with Crippen LogP contribution in [0.5, 0.6) is 0 Å². The van der Waals surface area contributed by atoms with Crippen molar-refractivity contribution in [3.63, 3.8) is 0 Å². The Morgan fingerprint density at radius 2 is 1.67 bits per heavy atom. The van der Waals surface area contributed by atoms with Crippen molar-refractivity contribution in [2.45, 2.75) is 13.8 Å². The van der Waals surface area contributed by atoms with Gasteiger partial charge in [-0.2, -0.15) is 0 Å². The lowest BCUT2D eigenvalue weighted by Crippen LogP contribution is -2.09. The summed E-state index contributed by atoms with van der Waals surface area (Å²) in [5, 5.41) is 0.508. The molecule has 4 aromatic rings. The van der Waals surface area contributed by atoms with Crippen LogP contribution in [0.2, 0.25) is 0 Å². The molecule has 4 rings (SSSR count). The average molecular weight is 378 g/mol. The minimum atomic E-state index is -0.320. The zero-order chi connectivity index (χ0) is 19.1. The van der Waals surface area contributed by atoms with E-state index in [9.17, 15) is 14.0 Å². The van der Waals surface area contributed by atoms with E-state index in [1.165, 1.54) is 30.4 Å². The van der Waals surface area contributed by atoms with Crippen molar-refractivity contribution < 1.29 is 9.18 Å². The van der Waals surface area contributed by atoms with Gasteiger partial charge in [-0.25, -0.2) is 9.37 Å². The molecule has 2 heterocycles. The number of benzene rings is 2. The third kappa shape index (κ3) is 3.08. The molecular weight excluding hydrogens is 363 g/mol. The fraction of sp³-hybridized carbons (Fsp3) is 0.0952. The molecule has 0 aliphatic heterocycles. The molecule has 134 valence electrons. The molecule has 2 aromatic heterocycles. The number of aryl methyl sites for hydroxylation is 1. The number of nitrogens with one attached hydrogen (secondary N) is 1. The van der Waals surface area contributed by atoms with Crippen LogP contribution in [-0.2, 0) is 0 Å². The Morgan fingerprint density at radius 1 is 1.04 bits per heavy atom. The summed E-state index contributed by atoms with van der Waals surface area (Å²) in [5.41, 5.74) is 2.66. The van der Waals surface area contributed by atoms with Crippen molar-refractivity contribution in [2.24, 2.45) is 0 Å². The van der Waals surface area contributed by atoms with Gasteiger partial charge in [-0.15, -0.1) is 11.3 Å². The van der Waals surface area contributed by atoms with E-state index in [4.69, 9.17) is 0 Å². The summed E-state index contributed by atoms with van der Waals surface area (Å²) in [5.74, 6) is 0.116. The topological polar surface area (TPSA) is 62.8 Å². The van der Waals surface area contributed by atoms with Gasteiger partial charge in [-0.1, -0.05) is 36.4 Å². The number of H-pyrrole nitrogens is 1. The van der Waals surface area contributed by atoms with Crippen LogP contribution < -0.4 is 5.56 Å². The highest BCUT2D eigenvalue weighted by atomic mass is 32.1. The Morgan fingerprint density at radius 3 is 2.30 bits per heavy atom. The van der Waals surface area contributed by atoms with Gasteiger partial charge in [0, 0.05) is 21.6 Å². The molecular formula is C21H15FN2O2S. The Hall–Kier alpha value is -3.12. The van der Waals surface area contributed by atoms with Gasteiger partial charge in [0.05, 0.1) is 5.39 Å². The molecule has 0 saturated carbocycles. The van der Waals surface area contributed by atoms with E-state index < -0.39 is 0 Å². The highest BCUT2D eigenvalue weighted by molar-refractivity contribution is 7.19. The summed E-state index contributed by atoms with van der Waals surface area (Å²) >= 11 is 1.43. The first-order valence-corrected chi connectivity index (χ1v) is 9.16. The zero-order valence-electron chi connectivity index (χ0n) is 14.7. The van der Waals surface area contributed by atoms with E-state index >= 15 is 0 Å². The predicted octanol–water partition coefficient (Wildman–Crippen LogP) is 4.97. The fourth-order valence-electron chi connectivity index (χ4n) is 3.08. The van der Waals surface area contributed by atoms with Crippen molar-refractivity contribution in [3.05, 3.63) is 75.1 Å². The molecule has 0 unspecified atom stereocenters. The van der Waals surface area contributed by atoms with Gasteiger partial charge in [0.25, 0.3) is 5.56 Å². The Balaban J connectivity index is 1.87. The van der Waals surface area contributed by atoms with Crippen LogP contribution in [0.25, 0.3) is 32.7 Å². The smallest absolute Gasteiger partial charge is 0.260 e. The Bertz CT molecular complexity index is 1220. The number of carbonyl (C=O) groups is 1. The number of ketones is 1. The van der Waals surface area contributed by atoms with Gasteiger partial charge in [0.2, 0.25) is 0 Å². The number of hydrogen-bond acceptors (Lipinski definition) is 4. The first-order chi connectivity index (χ1) is 12.9. The normalized spacial score (nSPS) is 11.1. The van der Waals surface area contributed by atoms with Gasteiger partial charge in [0.1, 0.15) is 16.5 Å². The summed E-state index contributed by atoms with van der Waals surface area (Å²) < 4.78 is 13.2. The quantitative estimate of drug-likeness (QED) is 0.512. The molecule has 27 heavy (non-hydrogen) atoms. The summed E-state index contributed by atoms with van der Waals surface area (Å²) in [4.78, 5) is 33.2. The maximum atomic E-state index is 13.2. The van der Waals surface area contributed by atoms with Gasteiger partial charge >= 0.3 is 0 Å². The average Bonchev–Trinajstić information content (AvgIpc) is 2.99. The van der Waals surface area contributed by atoms with Crippen LogP contribution in [0, 0.1) is 12.7 Å². The number of hydrogen-bond donors (Lipinski definition) is 1. The first-order valence-electron chi connectivity index (χ1n) is 8.35. The highest BCUT2D eigenvalue weighted by Crippen LogP contribution is 2.36. The lowest BCUT2D eigenvalue weighted by molar-refractivity contribution is 0.101. The van der Waals surface area contributed by atoms with Gasteiger partial charge in [-0.05, 0) is 31.5 Å². The van der Waals surface area contributed by atoms with Crippen LogP contribution in [0.15, 0.2) is 53.3 Å². The molecule has 0 saturated heterocycles. The lowest BCUT2D eigenvalue weighted by atomic mass is 10.0. The molecule has 0 aliphatic rings. The van der Waals surface area contributed by atoms with Crippen LogP contribution in [-0.4, -0.2) is 15.8 Å². The minimum absolute atomic E-state index is 0.0173. The second-order valence-electron chi connectivity index (χ2n) is 6.27. The molecule has 0 atom stereocenters. The minimum Gasteiger partial charge on any atom is -0.306 e. The van der Waals surface area contributed by atoms with Crippen LogP contribution in [0.4, 0.5) is 4.39 Å². The summed E-state index contributed by atoms with van der Waals surface area (Å²) in [6, 6.07) is 13.0. The summed E-state index contributed by atoms with van der Waals surface area (Å²) in [7, 11) is 0. The first kappa shape index (κ1) is 17.3. The van der Waals surface area contributed by atoms with Gasteiger partial charge in [-0.3, -0.25) is 9.59 Å². The van der Waals surface area contributed by atoms with E-state index in [1.54, 1.807) is 36.4 Å². The van der Waals surface area contributed by atoms with Crippen LogP contribution >= 0.6 is 11.3 Å². The standard InChI is InChI=1S/C21H15FN2O2S/c1-11(25)13-3-5-15(6-4-13)19-23-20(26)18-17(12(2)27-21(18)24-19)14-7-9-16(22)10-8-14/h3-10H,1-2H3,(H,23,24,26). The molecule has 4 nitrogen and oxygen atoms in total. The van der Waals surface area contributed by atoms with Crippen molar-refractivity contribution in [3.8, 4) is 22.5 Å². The molecule has 0 aliphatic carbocycles. The van der Waals surface area contributed by atoms with E-state index in [0.29, 0.717) is 21.6 Å². The second-order valence-corrected chi connectivity index (χ2v) is 7.47. The monoisotopic (exact) mass is 378 g/mol. The molecule has 0 spiro atoms. The van der Waals surface area contributed by atoms with E-state index in [2.05, 4.69) is 9.97 Å². The van der Waals surface area contributed by atoms with Crippen molar-refractivity contribution in [2.75, 3.05) is 0 Å². The Kier molecular flexibility index (Phi) is 4.20.